The molecular weight excluding hydrogens is 713 g/mol. The zero-order valence-electron chi connectivity index (χ0n) is 30.8. The number of hydrogen-bond donors (Lipinski definition) is 0. The van der Waals surface area contributed by atoms with Gasteiger partial charge in [-0.15, -0.1) is 11.3 Å². The number of thiophene rings is 1. The molecule has 0 aliphatic heterocycles. The van der Waals surface area contributed by atoms with Gasteiger partial charge in [0, 0.05) is 48.9 Å². The molecule has 0 N–H and O–H groups in total. The fraction of sp³-hybridized carbons (Fsp3) is 0. The summed E-state index contributed by atoms with van der Waals surface area (Å²) in [7, 11) is 0. The summed E-state index contributed by atoms with van der Waals surface area (Å²) in [5, 5.41) is 4.85. The Balaban J connectivity index is 0.995. The minimum absolute atomic E-state index is 0.644. The summed E-state index contributed by atoms with van der Waals surface area (Å²) in [6.45, 7) is 0. The highest BCUT2D eigenvalue weighted by Crippen LogP contribution is 2.44. The number of aromatic nitrogens is 1. The maximum atomic E-state index is 6.25. The molecule has 3 nitrogen and oxygen atoms in total. The molecule has 9 aromatic carbocycles. The van der Waals surface area contributed by atoms with Gasteiger partial charge in [-0.2, -0.15) is 0 Å². The second kappa shape index (κ2) is 13.8. The van der Waals surface area contributed by atoms with Gasteiger partial charge in [0.1, 0.15) is 5.52 Å². The van der Waals surface area contributed by atoms with Gasteiger partial charge in [-0.1, -0.05) is 133 Å². The van der Waals surface area contributed by atoms with Crippen molar-refractivity contribution in [2.45, 2.75) is 0 Å². The van der Waals surface area contributed by atoms with Gasteiger partial charge in [-0.25, -0.2) is 4.98 Å². The Morgan fingerprint density at radius 2 is 0.965 bits per heavy atom. The summed E-state index contributed by atoms with van der Waals surface area (Å²) in [5.41, 5.74) is 13.1. The topological polar surface area (TPSA) is 29.3 Å². The van der Waals surface area contributed by atoms with Crippen molar-refractivity contribution in [2.75, 3.05) is 4.90 Å². The molecule has 11 aromatic rings. The minimum Gasteiger partial charge on any atom is -0.436 e. The van der Waals surface area contributed by atoms with Gasteiger partial charge in [0.05, 0.1) is 0 Å². The van der Waals surface area contributed by atoms with Gasteiger partial charge in [0.15, 0.2) is 5.58 Å². The summed E-state index contributed by atoms with van der Waals surface area (Å²) in [4.78, 5) is 7.26. The Morgan fingerprint density at radius 3 is 1.67 bits per heavy atom. The summed E-state index contributed by atoms with van der Waals surface area (Å²) in [6, 6.07) is 73.6. The zero-order chi connectivity index (χ0) is 37.7. The molecule has 0 saturated heterocycles. The van der Waals surface area contributed by atoms with Crippen molar-refractivity contribution < 1.29 is 4.42 Å². The summed E-state index contributed by atoms with van der Waals surface area (Å²) >= 11 is 1.80. The van der Waals surface area contributed by atoms with E-state index in [9.17, 15) is 0 Å². The Kier molecular flexibility index (Phi) is 8.01. The van der Waals surface area contributed by atoms with Crippen LogP contribution < -0.4 is 4.90 Å². The molecule has 0 bridgehead atoms. The smallest absolute Gasteiger partial charge is 0.227 e. The lowest BCUT2D eigenvalue weighted by Crippen LogP contribution is -2.09. The van der Waals surface area contributed by atoms with Crippen LogP contribution in [0.3, 0.4) is 0 Å². The molecule has 0 saturated carbocycles. The van der Waals surface area contributed by atoms with Crippen molar-refractivity contribution in [1.82, 2.24) is 4.98 Å². The van der Waals surface area contributed by atoms with Crippen LogP contribution in [0, 0.1) is 0 Å². The normalized spacial score (nSPS) is 11.5. The molecule has 0 aliphatic rings. The van der Waals surface area contributed by atoms with Gasteiger partial charge in [-0.3, -0.25) is 0 Å². The number of oxazole rings is 1. The van der Waals surface area contributed by atoms with E-state index in [4.69, 9.17) is 9.40 Å². The fourth-order valence-corrected chi connectivity index (χ4v) is 9.19. The summed E-state index contributed by atoms with van der Waals surface area (Å²) in [6.07, 6.45) is 0. The molecule has 11 rings (SSSR count). The van der Waals surface area contributed by atoms with Crippen LogP contribution in [0.4, 0.5) is 17.1 Å². The largest absolute Gasteiger partial charge is 0.436 e. The van der Waals surface area contributed by atoms with Gasteiger partial charge in [0.2, 0.25) is 5.89 Å². The molecule has 57 heavy (non-hydrogen) atoms. The number of hydrogen-bond acceptors (Lipinski definition) is 4. The molecule has 0 unspecified atom stereocenters. The lowest BCUT2D eigenvalue weighted by atomic mass is 9.98. The maximum absolute atomic E-state index is 6.25. The van der Waals surface area contributed by atoms with Crippen LogP contribution in [0.15, 0.2) is 211 Å². The Labute approximate surface area is 334 Å². The number of anilines is 3. The molecule has 2 heterocycles. The van der Waals surface area contributed by atoms with E-state index in [0.717, 1.165) is 33.7 Å². The van der Waals surface area contributed by atoms with E-state index in [2.05, 4.69) is 181 Å². The third-order valence-corrected chi connectivity index (χ3v) is 12.0. The summed E-state index contributed by atoms with van der Waals surface area (Å²) < 4.78 is 8.68. The van der Waals surface area contributed by atoms with Crippen molar-refractivity contribution in [3.8, 4) is 44.8 Å². The number of nitrogens with zero attached hydrogens (tertiary/aromatic N) is 2. The standard InChI is InChI=1S/C53H34N2OS/c1-4-11-35(12-5-1)37-21-26-43(27-22-37)55(45-30-25-41-31-40(19-20-42(41)32-45)36-13-6-2-7-14-36)44-28-23-38(24-29-44)46-17-10-18-50-52(46)47-33-48-49(34-51(47)57-50)56-53(54-48)39-15-8-3-9-16-39/h1-34H. The van der Waals surface area contributed by atoms with Crippen LogP contribution in [-0.2, 0) is 0 Å². The van der Waals surface area contributed by atoms with Crippen LogP contribution in [0.2, 0.25) is 0 Å². The fourth-order valence-electron chi connectivity index (χ4n) is 8.05. The van der Waals surface area contributed by atoms with Gasteiger partial charge < -0.3 is 9.32 Å². The predicted molar refractivity (Wildman–Crippen MR) is 241 cm³/mol. The SMILES string of the molecule is c1ccc(-c2ccc(N(c3ccc(-c4cccc5sc6cc7oc(-c8ccccc8)nc7cc6c45)cc3)c3ccc4cc(-c5ccccc5)ccc4c3)cc2)cc1. The highest BCUT2D eigenvalue weighted by Gasteiger charge is 2.18. The first-order chi connectivity index (χ1) is 28.2. The molecule has 4 heteroatoms. The highest BCUT2D eigenvalue weighted by atomic mass is 32.1. The van der Waals surface area contributed by atoms with Crippen molar-refractivity contribution >= 4 is 70.4 Å². The van der Waals surface area contributed by atoms with E-state index in [1.807, 2.05) is 30.3 Å². The number of rotatable bonds is 7. The Hall–Kier alpha value is -7.27. The molecule has 268 valence electrons. The average molecular weight is 747 g/mol. The maximum Gasteiger partial charge on any atom is 0.227 e. The van der Waals surface area contributed by atoms with E-state index >= 15 is 0 Å². The van der Waals surface area contributed by atoms with Crippen molar-refractivity contribution in [3.63, 3.8) is 0 Å². The van der Waals surface area contributed by atoms with E-state index in [0.29, 0.717) is 5.89 Å². The van der Waals surface area contributed by atoms with Crippen molar-refractivity contribution in [2.24, 2.45) is 0 Å². The molecule has 0 fully saturated rings. The first-order valence-electron chi connectivity index (χ1n) is 19.2. The molecule has 2 aromatic heterocycles. The van der Waals surface area contributed by atoms with E-state index in [1.54, 1.807) is 11.3 Å². The molecule has 0 radical (unpaired) electrons. The van der Waals surface area contributed by atoms with E-state index in [-0.39, 0.29) is 0 Å². The van der Waals surface area contributed by atoms with Crippen molar-refractivity contribution in [1.29, 1.82) is 0 Å². The van der Waals surface area contributed by atoms with Gasteiger partial charge in [-0.05, 0) is 111 Å². The first-order valence-corrected chi connectivity index (χ1v) is 20.0. The monoisotopic (exact) mass is 746 g/mol. The zero-order valence-corrected chi connectivity index (χ0v) is 31.7. The molecule has 0 aliphatic carbocycles. The Morgan fingerprint density at radius 1 is 0.404 bits per heavy atom. The second-order valence-corrected chi connectivity index (χ2v) is 15.5. The van der Waals surface area contributed by atoms with E-state index in [1.165, 1.54) is 64.3 Å². The van der Waals surface area contributed by atoms with Crippen LogP contribution in [0.1, 0.15) is 0 Å². The highest BCUT2D eigenvalue weighted by molar-refractivity contribution is 7.26. The number of fused-ring (bicyclic) bond motifs is 5. The average Bonchev–Trinajstić information content (AvgIpc) is 3.87. The minimum atomic E-state index is 0.644. The van der Waals surface area contributed by atoms with Crippen molar-refractivity contribution in [3.05, 3.63) is 206 Å². The third kappa shape index (κ3) is 6.04. The third-order valence-electron chi connectivity index (χ3n) is 10.9. The quantitative estimate of drug-likeness (QED) is 0.163. The molecule has 0 atom stereocenters. The molecule has 0 amide bonds. The van der Waals surface area contributed by atoms with Crippen LogP contribution >= 0.6 is 11.3 Å². The lowest BCUT2D eigenvalue weighted by molar-refractivity contribution is 0.620. The summed E-state index contributed by atoms with van der Waals surface area (Å²) in [5.74, 6) is 0.644. The Bertz CT molecular complexity index is 3210. The number of benzene rings is 9. The molecule has 0 spiro atoms. The lowest BCUT2D eigenvalue weighted by Gasteiger charge is -2.26. The predicted octanol–water partition coefficient (Wildman–Crippen LogP) is 15.5. The first kappa shape index (κ1) is 33.1. The van der Waals surface area contributed by atoms with Gasteiger partial charge >= 0.3 is 0 Å². The molecular formula is C53H34N2OS. The second-order valence-electron chi connectivity index (χ2n) is 14.4. The van der Waals surface area contributed by atoms with Crippen LogP contribution in [-0.4, -0.2) is 4.98 Å². The van der Waals surface area contributed by atoms with Gasteiger partial charge in [0.25, 0.3) is 0 Å². The van der Waals surface area contributed by atoms with Crippen LogP contribution in [0.25, 0.3) is 86.9 Å². The van der Waals surface area contributed by atoms with E-state index < -0.39 is 0 Å². The van der Waals surface area contributed by atoms with Crippen LogP contribution in [0.5, 0.6) is 0 Å².